The van der Waals surface area contributed by atoms with Gasteiger partial charge in [-0.2, -0.15) is 0 Å². The molecular formula is C13H18N4O. The van der Waals surface area contributed by atoms with E-state index < -0.39 is 0 Å². The maximum atomic E-state index is 5.14. The molecule has 0 spiro atoms. The fraction of sp³-hybridized carbons (Fsp3) is 0.538. The van der Waals surface area contributed by atoms with Gasteiger partial charge in [0.05, 0.1) is 6.20 Å². The van der Waals surface area contributed by atoms with Crippen molar-refractivity contribution in [1.82, 2.24) is 20.1 Å². The van der Waals surface area contributed by atoms with E-state index >= 15 is 0 Å². The maximum Gasteiger partial charge on any atom is 0.139 e. The summed E-state index contributed by atoms with van der Waals surface area (Å²) < 4.78 is 5.14. The summed E-state index contributed by atoms with van der Waals surface area (Å²) in [6.07, 6.45) is 3.95. The molecule has 2 rings (SSSR count). The van der Waals surface area contributed by atoms with Gasteiger partial charge in [0, 0.05) is 23.8 Å². The summed E-state index contributed by atoms with van der Waals surface area (Å²) in [6, 6.07) is 1.87. The van der Waals surface area contributed by atoms with Crippen LogP contribution in [0.2, 0.25) is 0 Å². The van der Waals surface area contributed by atoms with Crippen molar-refractivity contribution in [3.05, 3.63) is 36.0 Å². The molecule has 96 valence electrons. The van der Waals surface area contributed by atoms with Gasteiger partial charge in [0.1, 0.15) is 23.7 Å². The Morgan fingerprint density at radius 2 is 2.06 bits per heavy atom. The highest BCUT2D eigenvalue weighted by atomic mass is 16.5. The highest BCUT2D eigenvalue weighted by Gasteiger charge is 2.19. The Bertz CT molecular complexity index is 502. The lowest BCUT2D eigenvalue weighted by atomic mass is 9.95. The van der Waals surface area contributed by atoms with Crippen molar-refractivity contribution in [2.75, 3.05) is 0 Å². The van der Waals surface area contributed by atoms with Crippen molar-refractivity contribution in [2.45, 2.75) is 45.4 Å². The van der Waals surface area contributed by atoms with Gasteiger partial charge in [-0.3, -0.25) is 0 Å². The largest absolute Gasteiger partial charge is 0.361 e. The van der Waals surface area contributed by atoms with Crippen molar-refractivity contribution in [3.63, 3.8) is 0 Å². The van der Waals surface area contributed by atoms with Crippen LogP contribution in [-0.2, 0) is 11.8 Å². The Morgan fingerprint density at radius 1 is 1.28 bits per heavy atom. The third-order valence-electron chi connectivity index (χ3n) is 2.72. The average Bonchev–Trinajstić information content (AvgIpc) is 2.81. The van der Waals surface area contributed by atoms with Crippen LogP contribution in [0.25, 0.3) is 0 Å². The van der Waals surface area contributed by atoms with Gasteiger partial charge in [0.2, 0.25) is 0 Å². The number of aromatic nitrogens is 4. The van der Waals surface area contributed by atoms with Crippen LogP contribution in [0.15, 0.2) is 23.1 Å². The Morgan fingerprint density at radius 3 is 2.67 bits per heavy atom. The molecular weight excluding hydrogens is 228 g/mol. The van der Waals surface area contributed by atoms with E-state index in [1.807, 2.05) is 6.07 Å². The first-order chi connectivity index (χ1) is 8.47. The van der Waals surface area contributed by atoms with Crippen LogP contribution in [0.1, 0.15) is 51.0 Å². The van der Waals surface area contributed by atoms with Gasteiger partial charge in [-0.25, -0.2) is 15.0 Å². The molecule has 0 amide bonds. The SMILES string of the molecule is CC(Cc1ncnc(C(C)(C)C)n1)c1ccno1. The topological polar surface area (TPSA) is 64.7 Å². The monoisotopic (exact) mass is 246 g/mol. The van der Waals surface area contributed by atoms with E-state index in [9.17, 15) is 0 Å². The molecule has 0 bridgehead atoms. The Labute approximate surface area is 107 Å². The fourth-order valence-corrected chi connectivity index (χ4v) is 1.64. The number of hydrogen-bond acceptors (Lipinski definition) is 5. The standard InChI is InChI=1S/C13H18N4O/c1-9(10-5-6-16-18-10)7-11-14-8-15-12(17-11)13(2,3)4/h5-6,8-9H,7H2,1-4H3. The van der Waals surface area contributed by atoms with Crippen LogP contribution < -0.4 is 0 Å². The third kappa shape index (κ3) is 2.91. The van der Waals surface area contributed by atoms with E-state index in [1.54, 1.807) is 12.5 Å². The van der Waals surface area contributed by atoms with Gasteiger partial charge in [-0.15, -0.1) is 0 Å². The summed E-state index contributed by atoms with van der Waals surface area (Å²) in [4.78, 5) is 13.0. The molecule has 5 nitrogen and oxygen atoms in total. The smallest absolute Gasteiger partial charge is 0.139 e. The summed E-state index contributed by atoms with van der Waals surface area (Å²) in [7, 11) is 0. The van der Waals surface area contributed by atoms with Crippen LogP contribution >= 0.6 is 0 Å². The van der Waals surface area contributed by atoms with Crippen molar-refractivity contribution >= 4 is 0 Å². The van der Waals surface area contributed by atoms with Crippen LogP contribution in [0.4, 0.5) is 0 Å². The van der Waals surface area contributed by atoms with E-state index in [4.69, 9.17) is 4.52 Å². The summed E-state index contributed by atoms with van der Waals surface area (Å²) in [5, 5.41) is 3.71. The zero-order valence-corrected chi connectivity index (χ0v) is 11.2. The minimum Gasteiger partial charge on any atom is -0.361 e. The second-order valence-corrected chi connectivity index (χ2v) is 5.50. The van der Waals surface area contributed by atoms with E-state index in [0.29, 0.717) is 0 Å². The van der Waals surface area contributed by atoms with Crippen molar-refractivity contribution in [3.8, 4) is 0 Å². The third-order valence-corrected chi connectivity index (χ3v) is 2.72. The molecule has 0 aliphatic heterocycles. The van der Waals surface area contributed by atoms with Gasteiger partial charge in [0.25, 0.3) is 0 Å². The molecule has 0 aromatic carbocycles. The van der Waals surface area contributed by atoms with Gasteiger partial charge < -0.3 is 4.52 Å². The van der Waals surface area contributed by atoms with E-state index in [-0.39, 0.29) is 11.3 Å². The van der Waals surface area contributed by atoms with E-state index in [1.165, 1.54) is 0 Å². The molecule has 0 aliphatic rings. The molecule has 1 atom stereocenters. The number of nitrogens with zero attached hydrogens (tertiary/aromatic N) is 4. The molecule has 0 N–H and O–H groups in total. The first kappa shape index (κ1) is 12.7. The van der Waals surface area contributed by atoms with Gasteiger partial charge in [-0.1, -0.05) is 32.9 Å². The summed E-state index contributed by atoms with van der Waals surface area (Å²) in [5.41, 5.74) is -0.0623. The van der Waals surface area contributed by atoms with Gasteiger partial charge in [0.15, 0.2) is 0 Å². The van der Waals surface area contributed by atoms with Gasteiger partial charge >= 0.3 is 0 Å². The Kier molecular flexibility index (Phi) is 3.41. The zero-order chi connectivity index (χ0) is 13.2. The van der Waals surface area contributed by atoms with Crippen LogP contribution in [0.3, 0.4) is 0 Å². The lowest BCUT2D eigenvalue weighted by Gasteiger charge is -2.16. The lowest BCUT2D eigenvalue weighted by molar-refractivity contribution is 0.363. The summed E-state index contributed by atoms with van der Waals surface area (Å²) >= 11 is 0. The second-order valence-electron chi connectivity index (χ2n) is 5.50. The minimum absolute atomic E-state index is 0.0623. The Balaban J connectivity index is 2.15. The molecule has 5 heteroatoms. The van der Waals surface area contributed by atoms with E-state index in [0.717, 1.165) is 23.8 Å². The molecule has 18 heavy (non-hydrogen) atoms. The van der Waals surface area contributed by atoms with Crippen molar-refractivity contribution in [2.24, 2.45) is 0 Å². The van der Waals surface area contributed by atoms with Crippen LogP contribution in [0.5, 0.6) is 0 Å². The normalized spacial score (nSPS) is 13.6. The summed E-state index contributed by atoms with van der Waals surface area (Å²) in [6.45, 7) is 8.34. The Hall–Kier alpha value is -1.78. The van der Waals surface area contributed by atoms with Crippen molar-refractivity contribution in [1.29, 1.82) is 0 Å². The zero-order valence-electron chi connectivity index (χ0n) is 11.2. The minimum atomic E-state index is -0.0623. The molecule has 2 aromatic rings. The highest BCUT2D eigenvalue weighted by molar-refractivity contribution is 5.07. The molecule has 2 aromatic heterocycles. The molecule has 0 fully saturated rings. The highest BCUT2D eigenvalue weighted by Crippen LogP contribution is 2.20. The average molecular weight is 246 g/mol. The summed E-state index contributed by atoms with van der Waals surface area (Å²) in [5.74, 6) is 2.67. The first-order valence-corrected chi connectivity index (χ1v) is 6.06. The molecule has 0 saturated carbocycles. The van der Waals surface area contributed by atoms with Crippen LogP contribution in [0, 0.1) is 0 Å². The predicted molar refractivity (Wildman–Crippen MR) is 67.1 cm³/mol. The number of rotatable bonds is 3. The lowest BCUT2D eigenvalue weighted by Crippen LogP contribution is -2.18. The molecule has 0 radical (unpaired) electrons. The van der Waals surface area contributed by atoms with Gasteiger partial charge in [-0.05, 0) is 0 Å². The van der Waals surface area contributed by atoms with Crippen molar-refractivity contribution < 1.29 is 4.52 Å². The fourth-order valence-electron chi connectivity index (χ4n) is 1.64. The van der Waals surface area contributed by atoms with Crippen LogP contribution in [-0.4, -0.2) is 20.1 Å². The second kappa shape index (κ2) is 4.84. The first-order valence-electron chi connectivity index (χ1n) is 6.06. The van der Waals surface area contributed by atoms with E-state index in [2.05, 4.69) is 47.8 Å². The molecule has 1 unspecified atom stereocenters. The quantitative estimate of drug-likeness (QED) is 0.832. The molecule has 0 saturated heterocycles. The predicted octanol–water partition coefficient (Wildman–Crippen LogP) is 2.50. The number of hydrogen-bond donors (Lipinski definition) is 0. The molecule has 2 heterocycles. The molecule has 0 aliphatic carbocycles. The maximum absolute atomic E-state index is 5.14.